The number of halogens is 2. The van der Waals surface area contributed by atoms with Gasteiger partial charge >= 0.3 is 0 Å². The minimum absolute atomic E-state index is 0.196. The predicted molar refractivity (Wildman–Crippen MR) is 78.2 cm³/mol. The lowest BCUT2D eigenvalue weighted by Crippen LogP contribution is -2.19. The van der Waals surface area contributed by atoms with Gasteiger partial charge in [0, 0.05) is 10.6 Å². The minimum Gasteiger partial charge on any atom is -0.309 e. The molecule has 2 aromatic rings. The van der Waals surface area contributed by atoms with Crippen LogP contribution < -0.4 is 5.32 Å². The van der Waals surface area contributed by atoms with Gasteiger partial charge in [-0.2, -0.15) is 0 Å². The maximum atomic E-state index is 14.0. The number of rotatable bonds is 3. The molecule has 3 heteroatoms. The molecule has 0 aliphatic heterocycles. The molecular weight excluding hydrogens is 261 g/mol. The van der Waals surface area contributed by atoms with Crippen molar-refractivity contribution in [1.29, 1.82) is 0 Å². The summed E-state index contributed by atoms with van der Waals surface area (Å²) in [5.41, 5.74) is 3.66. The second kappa shape index (κ2) is 5.72. The van der Waals surface area contributed by atoms with Crippen molar-refractivity contribution in [2.75, 3.05) is 7.05 Å². The molecule has 19 heavy (non-hydrogen) atoms. The first kappa shape index (κ1) is 14.0. The van der Waals surface area contributed by atoms with Crippen LogP contribution >= 0.6 is 11.6 Å². The number of hydrogen-bond donors (Lipinski definition) is 1. The van der Waals surface area contributed by atoms with Crippen LogP contribution in [0.4, 0.5) is 4.39 Å². The molecule has 2 rings (SSSR count). The Morgan fingerprint density at radius 1 is 1.11 bits per heavy atom. The number of benzene rings is 2. The van der Waals surface area contributed by atoms with Crippen LogP contribution in [0.25, 0.3) is 0 Å². The van der Waals surface area contributed by atoms with Crippen LogP contribution in [0, 0.1) is 19.7 Å². The highest BCUT2D eigenvalue weighted by molar-refractivity contribution is 6.31. The van der Waals surface area contributed by atoms with Gasteiger partial charge in [0.05, 0.1) is 6.04 Å². The summed E-state index contributed by atoms with van der Waals surface area (Å²) in [4.78, 5) is 0. The van der Waals surface area contributed by atoms with Crippen LogP contribution in [-0.2, 0) is 0 Å². The predicted octanol–water partition coefficient (Wildman–Crippen LogP) is 4.40. The first-order valence-electron chi connectivity index (χ1n) is 6.22. The fourth-order valence-electron chi connectivity index (χ4n) is 2.17. The lowest BCUT2D eigenvalue weighted by molar-refractivity contribution is 0.575. The van der Waals surface area contributed by atoms with Gasteiger partial charge in [0.1, 0.15) is 5.82 Å². The fourth-order valence-corrected chi connectivity index (χ4v) is 2.36. The van der Waals surface area contributed by atoms with Crippen molar-refractivity contribution in [3.05, 3.63) is 69.5 Å². The summed E-state index contributed by atoms with van der Waals surface area (Å²) in [6.07, 6.45) is 0. The zero-order valence-corrected chi connectivity index (χ0v) is 12.1. The van der Waals surface area contributed by atoms with Gasteiger partial charge in [-0.05, 0) is 44.2 Å². The van der Waals surface area contributed by atoms with Crippen molar-refractivity contribution >= 4 is 11.6 Å². The molecule has 1 unspecified atom stereocenters. The topological polar surface area (TPSA) is 12.0 Å². The van der Waals surface area contributed by atoms with Crippen molar-refractivity contribution in [3.8, 4) is 0 Å². The lowest BCUT2D eigenvalue weighted by Gasteiger charge is -2.19. The molecule has 0 spiro atoms. The Balaban J connectivity index is 2.49. The molecule has 0 saturated heterocycles. The molecule has 0 aliphatic rings. The summed E-state index contributed by atoms with van der Waals surface area (Å²) >= 11 is 6.15. The molecule has 0 bridgehead atoms. The van der Waals surface area contributed by atoms with E-state index in [-0.39, 0.29) is 11.9 Å². The zero-order chi connectivity index (χ0) is 14.0. The summed E-state index contributed by atoms with van der Waals surface area (Å²) in [5.74, 6) is -0.207. The van der Waals surface area contributed by atoms with Gasteiger partial charge in [0.15, 0.2) is 0 Å². The zero-order valence-electron chi connectivity index (χ0n) is 11.3. The average molecular weight is 278 g/mol. The van der Waals surface area contributed by atoms with Crippen LogP contribution in [0.5, 0.6) is 0 Å². The number of hydrogen-bond acceptors (Lipinski definition) is 1. The Morgan fingerprint density at radius 3 is 2.47 bits per heavy atom. The minimum atomic E-state index is -0.207. The van der Waals surface area contributed by atoms with E-state index in [1.807, 2.05) is 45.2 Å². The van der Waals surface area contributed by atoms with Crippen molar-refractivity contribution in [3.63, 3.8) is 0 Å². The van der Waals surface area contributed by atoms with Crippen molar-refractivity contribution < 1.29 is 4.39 Å². The summed E-state index contributed by atoms with van der Waals surface area (Å²) < 4.78 is 14.0. The van der Waals surface area contributed by atoms with E-state index in [1.165, 1.54) is 6.07 Å². The van der Waals surface area contributed by atoms with E-state index in [2.05, 4.69) is 5.32 Å². The van der Waals surface area contributed by atoms with E-state index in [0.29, 0.717) is 10.6 Å². The third-order valence-corrected chi connectivity index (χ3v) is 3.69. The smallest absolute Gasteiger partial charge is 0.128 e. The van der Waals surface area contributed by atoms with Gasteiger partial charge < -0.3 is 5.32 Å². The molecule has 0 heterocycles. The Bertz CT molecular complexity index is 595. The normalized spacial score (nSPS) is 12.5. The van der Waals surface area contributed by atoms with E-state index in [1.54, 1.807) is 6.07 Å². The Hall–Kier alpha value is -1.38. The monoisotopic (exact) mass is 277 g/mol. The van der Waals surface area contributed by atoms with Crippen LogP contribution in [0.15, 0.2) is 36.4 Å². The van der Waals surface area contributed by atoms with Gasteiger partial charge in [-0.3, -0.25) is 0 Å². The first-order valence-corrected chi connectivity index (χ1v) is 6.60. The fraction of sp³-hybridized carbons (Fsp3) is 0.250. The highest BCUT2D eigenvalue weighted by Crippen LogP contribution is 2.28. The molecule has 0 aliphatic carbocycles. The van der Waals surface area contributed by atoms with E-state index in [9.17, 15) is 4.39 Å². The highest BCUT2D eigenvalue weighted by atomic mass is 35.5. The number of aryl methyl sites for hydroxylation is 2. The largest absolute Gasteiger partial charge is 0.309 e. The molecule has 0 fully saturated rings. The molecule has 1 atom stereocenters. The van der Waals surface area contributed by atoms with Gasteiger partial charge in [-0.1, -0.05) is 41.4 Å². The summed E-state index contributed by atoms with van der Waals surface area (Å²) in [5, 5.41) is 3.85. The van der Waals surface area contributed by atoms with E-state index in [0.717, 1.165) is 16.7 Å². The van der Waals surface area contributed by atoms with Gasteiger partial charge in [-0.15, -0.1) is 0 Å². The quantitative estimate of drug-likeness (QED) is 0.876. The van der Waals surface area contributed by atoms with E-state index in [4.69, 9.17) is 11.6 Å². The van der Waals surface area contributed by atoms with Crippen molar-refractivity contribution in [2.24, 2.45) is 0 Å². The maximum absolute atomic E-state index is 14.0. The van der Waals surface area contributed by atoms with Crippen molar-refractivity contribution in [2.45, 2.75) is 19.9 Å². The molecule has 2 aromatic carbocycles. The lowest BCUT2D eigenvalue weighted by atomic mass is 9.96. The molecule has 1 nitrogen and oxygen atoms in total. The van der Waals surface area contributed by atoms with Crippen LogP contribution in [0.2, 0.25) is 5.02 Å². The number of nitrogens with one attached hydrogen (secondary N) is 1. The standard InChI is InChI=1S/C16H17ClFN/c1-10-4-7-15(18)13(8-10)16(19-3)12-6-5-11(2)14(17)9-12/h4-9,16,19H,1-3H3. The third kappa shape index (κ3) is 2.96. The van der Waals surface area contributed by atoms with Crippen LogP contribution in [-0.4, -0.2) is 7.05 Å². The highest BCUT2D eigenvalue weighted by Gasteiger charge is 2.17. The molecule has 0 aromatic heterocycles. The third-order valence-electron chi connectivity index (χ3n) is 3.28. The molecule has 1 N–H and O–H groups in total. The van der Waals surface area contributed by atoms with Gasteiger partial charge in [0.25, 0.3) is 0 Å². The second-order valence-corrected chi connectivity index (χ2v) is 5.16. The van der Waals surface area contributed by atoms with E-state index < -0.39 is 0 Å². The molecule has 0 radical (unpaired) electrons. The SMILES string of the molecule is CNC(c1ccc(C)c(Cl)c1)c1cc(C)ccc1F. The summed E-state index contributed by atoms with van der Waals surface area (Å²) in [6.45, 7) is 3.91. The summed E-state index contributed by atoms with van der Waals surface area (Å²) in [7, 11) is 1.82. The Labute approximate surface area is 118 Å². The molecule has 0 amide bonds. The Kier molecular flexibility index (Phi) is 4.23. The molecule has 0 saturated carbocycles. The molecular formula is C16H17ClFN. The van der Waals surface area contributed by atoms with Gasteiger partial charge in [0.2, 0.25) is 0 Å². The second-order valence-electron chi connectivity index (χ2n) is 4.76. The maximum Gasteiger partial charge on any atom is 0.128 e. The van der Waals surface area contributed by atoms with Gasteiger partial charge in [-0.25, -0.2) is 4.39 Å². The van der Waals surface area contributed by atoms with E-state index >= 15 is 0 Å². The van der Waals surface area contributed by atoms with Crippen LogP contribution in [0.1, 0.15) is 28.3 Å². The Morgan fingerprint density at radius 2 is 1.84 bits per heavy atom. The van der Waals surface area contributed by atoms with Crippen molar-refractivity contribution in [1.82, 2.24) is 5.32 Å². The summed E-state index contributed by atoms with van der Waals surface area (Å²) in [6, 6.07) is 10.8. The van der Waals surface area contributed by atoms with Crippen LogP contribution in [0.3, 0.4) is 0 Å². The molecule has 100 valence electrons. The average Bonchev–Trinajstić information content (AvgIpc) is 2.38. The first-order chi connectivity index (χ1) is 9.02.